The van der Waals surface area contributed by atoms with Crippen molar-refractivity contribution in [3.05, 3.63) is 0 Å². The largest absolute Gasteiger partial charge is 1.00 e. The standard InChI is InChI=1S/C36H68O11S.Na/c1-5-7-9-11-13-15-17-19-21-23-25-27-31(37)45-34-33(47-48(39,40)41)30(29-42-3)44-36(43-4)35(34)46-32(38)28-26-24-22-20-18-16-14-12-10-8-6-2;/h30,33-36H,5-29H2,1-4H3,(H,39,40,41);/q;+1/p-1/t30-,33-,34+,35-,36+;/m1./s1. The summed E-state index contributed by atoms with van der Waals surface area (Å²) in [7, 11) is -2.56. The van der Waals surface area contributed by atoms with E-state index in [1.807, 2.05) is 0 Å². The van der Waals surface area contributed by atoms with Crippen LogP contribution in [0, 0.1) is 0 Å². The van der Waals surface area contributed by atoms with E-state index in [1.165, 1.54) is 104 Å². The molecule has 0 radical (unpaired) electrons. The molecule has 0 aliphatic carbocycles. The van der Waals surface area contributed by atoms with Gasteiger partial charge in [0.1, 0.15) is 12.2 Å². The van der Waals surface area contributed by atoms with Gasteiger partial charge in [0.15, 0.2) is 18.5 Å². The van der Waals surface area contributed by atoms with Gasteiger partial charge in [-0.3, -0.25) is 13.8 Å². The van der Waals surface area contributed by atoms with Gasteiger partial charge in [-0.25, -0.2) is 8.42 Å². The van der Waals surface area contributed by atoms with Crippen LogP contribution in [0.25, 0.3) is 0 Å². The summed E-state index contributed by atoms with van der Waals surface area (Å²) in [5.74, 6) is -1.19. The predicted octanol–water partition coefficient (Wildman–Crippen LogP) is 5.08. The Balaban J connectivity index is 0.0000230. The Morgan fingerprint density at radius 1 is 0.592 bits per heavy atom. The SMILES string of the molecule is CCCCCCCCCCCCCC(=O)O[C@@H]1[C@@H](OC(=O)CCCCCCCCCCCCC)[C@@H](OC)O[C@H](COC)[C@H]1OS(=O)(=O)[O-].[Na+]. The van der Waals surface area contributed by atoms with Gasteiger partial charge in [-0.15, -0.1) is 0 Å². The normalized spacial score (nSPS) is 20.9. The quantitative estimate of drug-likeness (QED) is 0.0310. The minimum atomic E-state index is -5.25. The van der Waals surface area contributed by atoms with E-state index in [-0.39, 0.29) is 49.0 Å². The van der Waals surface area contributed by atoms with Gasteiger partial charge in [-0.2, -0.15) is 0 Å². The van der Waals surface area contributed by atoms with E-state index in [4.69, 9.17) is 27.9 Å². The Morgan fingerprint density at radius 2 is 0.959 bits per heavy atom. The summed E-state index contributed by atoms with van der Waals surface area (Å²) in [5.41, 5.74) is 0. The van der Waals surface area contributed by atoms with E-state index in [0.29, 0.717) is 12.8 Å². The van der Waals surface area contributed by atoms with Crippen molar-refractivity contribution in [2.75, 3.05) is 20.8 Å². The van der Waals surface area contributed by atoms with Crippen molar-refractivity contribution < 1.29 is 80.0 Å². The maximum absolute atomic E-state index is 13.0. The van der Waals surface area contributed by atoms with Crippen LogP contribution in [0.3, 0.4) is 0 Å². The third-order valence-corrected chi connectivity index (χ3v) is 9.35. The van der Waals surface area contributed by atoms with E-state index in [9.17, 15) is 22.6 Å². The van der Waals surface area contributed by atoms with Gasteiger partial charge in [0.25, 0.3) is 0 Å². The van der Waals surface area contributed by atoms with Crippen molar-refractivity contribution in [2.45, 2.75) is 199 Å². The van der Waals surface area contributed by atoms with Crippen molar-refractivity contribution in [1.29, 1.82) is 0 Å². The van der Waals surface area contributed by atoms with Gasteiger partial charge in [0.05, 0.1) is 6.61 Å². The number of ether oxygens (including phenoxy) is 5. The minimum absolute atomic E-state index is 0. The number of carbonyl (C=O) groups excluding carboxylic acids is 2. The summed E-state index contributed by atoms with van der Waals surface area (Å²) in [5, 5.41) is 0. The molecule has 1 heterocycles. The molecule has 5 atom stereocenters. The van der Waals surface area contributed by atoms with E-state index in [0.717, 1.165) is 38.5 Å². The zero-order valence-corrected chi connectivity index (χ0v) is 34.3. The molecule has 0 aromatic carbocycles. The second kappa shape index (κ2) is 31.2. The molecule has 0 aromatic rings. The third kappa shape index (κ3) is 24.5. The summed E-state index contributed by atoms with van der Waals surface area (Å²) >= 11 is 0. The van der Waals surface area contributed by atoms with Crippen molar-refractivity contribution in [1.82, 2.24) is 0 Å². The van der Waals surface area contributed by atoms with Crippen LogP contribution in [0.2, 0.25) is 0 Å². The van der Waals surface area contributed by atoms with Crippen molar-refractivity contribution >= 4 is 22.3 Å². The first-order chi connectivity index (χ1) is 23.2. The van der Waals surface area contributed by atoms with Gasteiger partial charge in [0, 0.05) is 27.1 Å². The monoisotopic (exact) mass is 730 g/mol. The molecule has 0 unspecified atom stereocenters. The summed E-state index contributed by atoms with van der Waals surface area (Å²) in [6.07, 6.45) is 18.2. The molecule has 284 valence electrons. The van der Waals surface area contributed by atoms with Gasteiger partial charge >= 0.3 is 41.5 Å². The topological polar surface area (TPSA) is 147 Å². The number of methoxy groups -OCH3 is 2. The summed E-state index contributed by atoms with van der Waals surface area (Å²) in [4.78, 5) is 25.9. The van der Waals surface area contributed by atoms with Crippen LogP contribution >= 0.6 is 0 Å². The molecule has 0 saturated carbocycles. The Hall–Kier alpha value is -0.310. The molecule has 0 bridgehead atoms. The van der Waals surface area contributed by atoms with E-state index in [2.05, 4.69) is 13.8 Å². The van der Waals surface area contributed by atoms with Gasteiger partial charge in [-0.1, -0.05) is 142 Å². The molecular formula is C36H67NaO11S. The smallest absolute Gasteiger partial charge is 0.726 e. The van der Waals surface area contributed by atoms with Crippen LogP contribution in [0.4, 0.5) is 0 Å². The molecule has 13 heteroatoms. The molecule has 0 N–H and O–H groups in total. The van der Waals surface area contributed by atoms with Crippen LogP contribution in [0.1, 0.15) is 168 Å². The Morgan fingerprint density at radius 3 is 1.31 bits per heavy atom. The first-order valence-electron chi connectivity index (χ1n) is 18.9. The fourth-order valence-electron chi connectivity index (χ4n) is 6.17. The maximum atomic E-state index is 13.0. The number of unbranched alkanes of at least 4 members (excludes halogenated alkanes) is 20. The van der Waals surface area contributed by atoms with Crippen LogP contribution in [-0.4, -0.2) is 76.4 Å². The van der Waals surface area contributed by atoms with Gasteiger partial charge in [0.2, 0.25) is 10.4 Å². The number of carbonyl (C=O) groups is 2. The summed E-state index contributed by atoms with van der Waals surface area (Å²) in [6.45, 7) is 4.24. The zero-order chi connectivity index (χ0) is 35.5. The third-order valence-electron chi connectivity index (χ3n) is 8.89. The van der Waals surface area contributed by atoms with E-state index >= 15 is 0 Å². The predicted molar refractivity (Wildman–Crippen MR) is 184 cm³/mol. The van der Waals surface area contributed by atoms with Crippen LogP contribution < -0.4 is 29.6 Å². The maximum Gasteiger partial charge on any atom is 1.00 e. The van der Waals surface area contributed by atoms with E-state index in [1.54, 1.807) is 0 Å². The van der Waals surface area contributed by atoms with Crippen LogP contribution in [0.5, 0.6) is 0 Å². The Bertz CT molecular complexity index is 921. The molecule has 0 aromatic heterocycles. The molecule has 1 rings (SSSR count). The fourth-order valence-corrected chi connectivity index (χ4v) is 6.67. The second-order valence-electron chi connectivity index (χ2n) is 13.2. The Labute approximate surface area is 320 Å². The van der Waals surface area contributed by atoms with Crippen molar-refractivity contribution in [3.63, 3.8) is 0 Å². The fraction of sp³-hybridized carbons (Fsp3) is 0.944. The second-order valence-corrected chi connectivity index (χ2v) is 14.2. The molecule has 49 heavy (non-hydrogen) atoms. The first kappa shape index (κ1) is 48.7. The van der Waals surface area contributed by atoms with Crippen LogP contribution in [-0.2, 0) is 47.9 Å². The Kier molecular flexibility index (Phi) is 31.0. The molecule has 1 fully saturated rings. The summed E-state index contributed by atoms with van der Waals surface area (Å²) < 4.78 is 67.8. The summed E-state index contributed by atoms with van der Waals surface area (Å²) in [6, 6.07) is 0. The van der Waals surface area contributed by atoms with Gasteiger partial charge in [-0.05, 0) is 12.8 Å². The van der Waals surface area contributed by atoms with Crippen molar-refractivity contribution in [3.8, 4) is 0 Å². The number of rotatable bonds is 31. The van der Waals surface area contributed by atoms with E-state index < -0.39 is 53.0 Å². The van der Waals surface area contributed by atoms with Gasteiger partial charge < -0.3 is 28.2 Å². The molecule has 0 spiro atoms. The molecule has 1 saturated heterocycles. The number of hydrogen-bond donors (Lipinski definition) is 0. The van der Waals surface area contributed by atoms with Crippen LogP contribution in [0.15, 0.2) is 0 Å². The zero-order valence-electron chi connectivity index (χ0n) is 31.5. The molecule has 11 nitrogen and oxygen atoms in total. The molecule has 1 aliphatic heterocycles. The number of hydrogen-bond acceptors (Lipinski definition) is 11. The van der Waals surface area contributed by atoms with Crippen molar-refractivity contribution in [2.24, 2.45) is 0 Å². The number of esters is 2. The molecule has 1 aliphatic rings. The minimum Gasteiger partial charge on any atom is -0.726 e. The molecule has 0 amide bonds. The average molecular weight is 731 g/mol. The molecular weight excluding hydrogens is 663 g/mol. The average Bonchev–Trinajstić information content (AvgIpc) is 3.04. The first-order valence-corrected chi connectivity index (χ1v) is 20.2.